The van der Waals surface area contributed by atoms with Crippen LogP contribution in [0.3, 0.4) is 0 Å². The molecule has 0 saturated carbocycles. The summed E-state index contributed by atoms with van der Waals surface area (Å²) in [6, 6.07) is 22.0. The van der Waals surface area contributed by atoms with Crippen LogP contribution in [0.15, 0.2) is 107 Å². The van der Waals surface area contributed by atoms with Crippen LogP contribution in [0, 0.1) is 0 Å². The van der Waals surface area contributed by atoms with Gasteiger partial charge in [-0.1, -0.05) is 71.8 Å². The fraction of sp³-hybridized carbons (Fsp3) is 0. The van der Waals surface area contributed by atoms with Crippen molar-refractivity contribution < 1.29 is 25.9 Å². The van der Waals surface area contributed by atoms with E-state index < -0.39 is 30.0 Å². The topological polar surface area (TPSA) is 170 Å². The Labute approximate surface area is 272 Å². The molecular formula is C30H20Cl2N6O6S2. The Morgan fingerprint density at radius 3 is 1.28 bits per heavy atom. The fourth-order valence-corrected chi connectivity index (χ4v) is 6.14. The van der Waals surface area contributed by atoms with Crippen LogP contribution in [0.2, 0.25) is 10.0 Å². The molecule has 12 nitrogen and oxygen atoms in total. The normalized spacial score (nSPS) is 12.2. The average Bonchev–Trinajstić information content (AvgIpc) is 3.71. The van der Waals surface area contributed by atoms with E-state index in [0.29, 0.717) is 21.4 Å². The molecular weight excluding hydrogens is 675 g/mol. The van der Waals surface area contributed by atoms with Crippen molar-refractivity contribution in [1.29, 1.82) is 0 Å². The minimum Gasteiger partial charge on any atom is -0.282 e. The van der Waals surface area contributed by atoms with Gasteiger partial charge >= 0.3 is 0 Å². The van der Waals surface area contributed by atoms with Gasteiger partial charge in [0.2, 0.25) is 0 Å². The lowest BCUT2D eigenvalue weighted by Gasteiger charge is -2.08. The van der Waals surface area contributed by atoms with Crippen LogP contribution in [0.25, 0.3) is 46.0 Å². The Balaban J connectivity index is 1.32. The van der Waals surface area contributed by atoms with Crippen LogP contribution in [0.4, 0.5) is 0 Å². The van der Waals surface area contributed by atoms with Crippen molar-refractivity contribution in [2.24, 2.45) is 0 Å². The Hall–Kier alpha value is -4.70. The SMILES string of the molecule is O=S(=O)(O)c1cc(-n2ncc(-c3ccc(Cl)cc3)n2)ccc1/C=C/c1ccc(-n2ncc(-c3ccc(Cl)cc3)n2)cc1S(=O)(=O)O. The van der Waals surface area contributed by atoms with Crippen molar-refractivity contribution in [1.82, 2.24) is 30.0 Å². The first-order valence-corrected chi connectivity index (χ1v) is 16.8. The molecule has 0 aliphatic rings. The van der Waals surface area contributed by atoms with Gasteiger partial charge in [0.25, 0.3) is 20.2 Å². The molecule has 0 spiro atoms. The Bertz CT molecular complexity index is 2170. The molecule has 0 radical (unpaired) electrons. The number of hydrogen-bond donors (Lipinski definition) is 2. The van der Waals surface area contributed by atoms with E-state index in [1.54, 1.807) is 48.5 Å². The van der Waals surface area contributed by atoms with Crippen molar-refractivity contribution in [3.05, 3.63) is 118 Å². The van der Waals surface area contributed by atoms with Gasteiger partial charge in [-0.25, -0.2) is 0 Å². The summed E-state index contributed by atoms with van der Waals surface area (Å²) in [6.45, 7) is 0. The van der Waals surface area contributed by atoms with Crippen LogP contribution >= 0.6 is 23.2 Å². The maximum absolute atomic E-state index is 12.4. The first-order valence-electron chi connectivity index (χ1n) is 13.1. The molecule has 2 aromatic heterocycles. The number of halogens is 2. The highest BCUT2D eigenvalue weighted by atomic mass is 35.5. The molecule has 6 rings (SSSR count). The van der Waals surface area contributed by atoms with Gasteiger partial charge in [-0.15, -0.1) is 10.2 Å². The highest BCUT2D eigenvalue weighted by molar-refractivity contribution is 7.86. The van der Waals surface area contributed by atoms with Gasteiger partial charge in [0, 0.05) is 21.2 Å². The number of aromatic nitrogens is 6. The number of rotatable bonds is 8. The summed E-state index contributed by atoms with van der Waals surface area (Å²) >= 11 is 11.9. The lowest BCUT2D eigenvalue weighted by molar-refractivity contribution is 0.480. The molecule has 0 unspecified atom stereocenters. The molecule has 46 heavy (non-hydrogen) atoms. The number of benzene rings is 4. The zero-order valence-corrected chi connectivity index (χ0v) is 26.3. The Kier molecular flexibility index (Phi) is 8.33. The van der Waals surface area contributed by atoms with E-state index in [4.69, 9.17) is 23.2 Å². The van der Waals surface area contributed by atoms with E-state index in [-0.39, 0.29) is 22.5 Å². The lowest BCUT2D eigenvalue weighted by Crippen LogP contribution is -2.06. The fourth-order valence-electron chi connectivity index (χ4n) is 4.48. The summed E-state index contributed by atoms with van der Waals surface area (Å²) in [7, 11) is -9.50. The Morgan fingerprint density at radius 1 is 0.565 bits per heavy atom. The zero-order chi connectivity index (χ0) is 32.6. The predicted molar refractivity (Wildman–Crippen MR) is 172 cm³/mol. The molecule has 0 atom stereocenters. The molecule has 6 aromatic rings. The van der Waals surface area contributed by atoms with Crippen LogP contribution in [0.5, 0.6) is 0 Å². The summed E-state index contributed by atoms with van der Waals surface area (Å²) < 4.78 is 69.4. The third-order valence-electron chi connectivity index (χ3n) is 6.72. The lowest BCUT2D eigenvalue weighted by atomic mass is 10.1. The molecule has 0 aliphatic heterocycles. The van der Waals surface area contributed by atoms with Gasteiger partial charge in [-0.2, -0.15) is 36.6 Å². The van der Waals surface area contributed by atoms with Gasteiger partial charge < -0.3 is 0 Å². The molecule has 0 amide bonds. The molecule has 2 heterocycles. The second-order valence-corrected chi connectivity index (χ2v) is 13.4. The van der Waals surface area contributed by atoms with E-state index in [9.17, 15) is 25.9 Å². The van der Waals surface area contributed by atoms with E-state index >= 15 is 0 Å². The average molecular weight is 696 g/mol. The summed E-state index contributed by atoms with van der Waals surface area (Å²) in [5.74, 6) is 0. The first kappa shape index (κ1) is 31.3. The smallest absolute Gasteiger partial charge is 0.282 e. The minimum absolute atomic E-state index is 0.0306. The van der Waals surface area contributed by atoms with E-state index in [2.05, 4.69) is 20.4 Å². The van der Waals surface area contributed by atoms with Crippen LogP contribution in [-0.2, 0) is 20.2 Å². The van der Waals surface area contributed by atoms with Gasteiger partial charge in [-0.3, -0.25) is 9.11 Å². The van der Waals surface area contributed by atoms with Crippen LogP contribution < -0.4 is 0 Å². The third-order valence-corrected chi connectivity index (χ3v) is 9.04. The molecule has 0 fully saturated rings. The molecule has 0 saturated heterocycles. The van der Waals surface area contributed by atoms with Crippen molar-refractivity contribution in [2.75, 3.05) is 0 Å². The van der Waals surface area contributed by atoms with Crippen LogP contribution in [-0.4, -0.2) is 55.9 Å². The number of hydrogen-bond acceptors (Lipinski definition) is 8. The highest BCUT2D eigenvalue weighted by Gasteiger charge is 2.19. The van der Waals surface area contributed by atoms with Crippen molar-refractivity contribution >= 4 is 55.6 Å². The third kappa shape index (κ3) is 6.77. The molecule has 4 aromatic carbocycles. The summed E-state index contributed by atoms with van der Waals surface area (Å²) in [5.41, 5.74) is 3.00. The maximum Gasteiger partial charge on any atom is 0.295 e. The molecule has 16 heteroatoms. The second-order valence-electron chi connectivity index (χ2n) is 9.78. The van der Waals surface area contributed by atoms with Gasteiger partial charge in [0.15, 0.2) is 0 Å². The molecule has 0 bridgehead atoms. The van der Waals surface area contributed by atoms with Crippen molar-refractivity contribution in [3.8, 4) is 33.9 Å². The largest absolute Gasteiger partial charge is 0.295 e. The zero-order valence-electron chi connectivity index (χ0n) is 23.2. The van der Waals surface area contributed by atoms with Gasteiger partial charge in [0.05, 0.1) is 23.8 Å². The number of nitrogens with zero attached hydrogens (tertiary/aromatic N) is 6. The maximum atomic E-state index is 12.4. The quantitative estimate of drug-likeness (QED) is 0.139. The predicted octanol–water partition coefficient (Wildman–Crippen LogP) is 6.15. The van der Waals surface area contributed by atoms with Crippen LogP contribution in [0.1, 0.15) is 11.1 Å². The second kappa shape index (κ2) is 12.2. The van der Waals surface area contributed by atoms with E-state index in [0.717, 1.165) is 11.1 Å². The summed E-state index contributed by atoms with van der Waals surface area (Å²) in [5, 5.41) is 18.2. The standard InChI is InChI=1S/C30H20Cl2N6O6S2/c31-23-9-3-19(4-10-23)27-17-33-37(35-27)25-13-7-21(29(15-25)45(39,40)41)1-2-22-8-14-26(16-30(22)46(42,43)44)38-34-18-28(36-38)20-5-11-24(32)12-6-20/h1-18H,(H,39,40,41)(H,42,43,44)/b2-1+. The van der Waals surface area contributed by atoms with E-state index in [1.165, 1.54) is 70.5 Å². The minimum atomic E-state index is -4.75. The molecule has 2 N–H and O–H groups in total. The van der Waals surface area contributed by atoms with Crippen molar-refractivity contribution in [3.63, 3.8) is 0 Å². The summed E-state index contributed by atoms with van der Waals surface area (Å²) in [6.07, 6.45) is 5.55. The highest BCUT2D eigenvalue weighted by Crippen LogP contribution is 2.27. The molecule has 0 aliphatic carbocycles. The first-order chi connectivity index (χ1) is 21.8. The van der Waals surface area contributed by atoms with Crippen molar-refractivity contribution in [2.45, 2.75) is 9.79 Å². The summed E-state index contributed by atoms with van der Waals surface area (Å²) in [4.78, 5) is 1.44. The monoisotopic (exact) mass is 694 g/mol. The van der Waals surface area contributed by atoms with E-state index in [1.807, 2.05) is 0 Å². The van der Waals surface area contributed by atoms with Gasteiger partial charge in [0.1, 0.15) is 21.2 Å². The molecule has 232 valence electrons. The van der Waals surface area contributed by atoms with Gasteiger partial charge in [-0.05, 0) is 59.7 Å². The Morgan fingerprint density at radius 2 is 0.935 bits per heavy atom.